The van der Waals surface area contributed by atoms with Crippen LogP contribution in [0.2, 0.25) is 0 Å². The molecule has 3 N–H and O–H groups in total. The van der Waals surface area contributed by atoms with Crippen molar-refractivity contribution in [1.82, 2.24) is 5.32 Å². The van der Waals surface area contributed by atoms with Gasteiger partial charge in [0.1, 0.15) is 0 Å². The lowest BCUT2D eigenvalue weighted by Crippen LogP contribution is -2.15. The van der Waals surface area contributed by atoms with Gasteiger partial charge in [-0.3, -0.25) is 0 Å². The van der Waals surface area contributed by atoms with Crippen LogP contribution in [-0.2, 0) is 17.7 Å². The Bertz CT molecular complexity index is 342. The smallest absolute Gasteiger partial charge is 0.0478 e. The molecule has 0 heterocycles. The highest BCUT2D eigenvalue weighted by molar-refractivity contribution is 5.27. The Morgan fingerprint density at radius 3 is 2.55 bits per heavy atom. The van der Waals surface area contributed by atoms with E-state index in [0.717, 1.165) is 45.6 Å². The normalized spacial score (nSPS) is 10.9. The first-order chi connectivity index (χ1) is 9.88. The van der Waals surface area contributed by atoms with Crippen LogP contribution >= 0.6 is 0 Å². The highest BCUT2D eigenvalue weighted by Gasteiger charge is 2.01. The van der Waals surface area contributed by atoms with Crippen LogP contribution in [-0.4, -0.2) is 26.3 Å². The molecule has 20 heavy (non-hydrogen) atoms. The molecule has 0 bridgehead atoms. The summed E-state index contributed by atoms with van der Waals surface area (Å²) in [5.74, 6) is 0. The predicted molar refractivity (Wildman–Crippen MR) is 85.9 cm³/mol. The quantitative estimate of drug-likeness (QED) is 0.578. The molecule has 3 heteroatoms. The number of aryl methyl sites for hydroxylation is 1. The third-order valence-electron chi connectivity index (χ3n) is 3.37. The number of nitrogens with two attached hydrogens (primary N) is 1. The van der Waals surface area contributed by atoms with E-state index >= 15 is 0 Å². The van der Waals surface area contributed by atoms with Crippen LogP contribution in [0, 0.1) is 0 Å². The summed E-state index contributed by atoms with van der Waals surface area (Å²) < 4.78 is 5.55. The van der Waals surface area contributed by atoms with E-state index < -0.39 is 0 Å². The molecule has 0 aliphatic heterocycles. The topological polar surface area (TPSA) is 47.3 Å². The van der Waals surface area contributed by atoms with Crippen molar-refractivity contribution in [1.29, 1.82) is 0 Å². The fraction of sp³-hybridized carbons (Fsp3) is 0.647. The summed E-state index contributed by atoms with van der Waals surface area (Å²) in [4.78, 5) is 0. The van der Waals surface area contributed by atoms with Gasteiger partial charge in [0.05, 0.1) is 0 Å². The van der Waals surface area contributed by atoms with Crippen molar-refractivity contribution in [2.75, 3.05) is 26.3 Å². The Labute approximate surface area is 123 Å². The van der Waals surface area contributed by atoms with Crippen molar-refractivity contribution in [2.45, 2.75) is 45.6 Å². The van der Waals surface area contributed by atoms with Crippen LogP contribution in [0.4, 0.5) is 0 Å². The molecule has 0 atom stereocenters. The lowest BCUT2D eigenvalue weighted by molar-refractivity contribution is 0.131. The molecule has 0 aromatic heterocycles. The Hall–Kier alpha value is -0.900. The van der Waals surface area contributed by atoms with Crippen molar-refractivity contribution in [3.05, 3.63) is 35.4 Å². The standard InChI is InChI=1S/C17H30N2O/c1-2-3-12-19-15-17-9-5-4-8-16(17)10-6-13-20-14-7-11-18/h4-5,8-9,19H,2-3,6-7,10-15,18H2,1H3. The van der Waals surface area contributed by atoms with Gasteiger partial charge >= 0.3 is 0 Å². The van der Waals surface area contributed by atoms with E-state index in [-0.39, 0.29) is 0 Å². The van der Waals surface area contributed by atoms with E-state index in [1.807, 2.05) is 0 Å². The van der Waals surface area contributed by atoms with E-state index in [1.54, 1.807) is 0 Å². The predicted octanol–water partition coefficient (Wildman–Crippen LogP) is 2.87. The molecule has 0 aliphatic carbocycles. The van der Waals surface area contributed by atoms with Crippen molar-refractivity contribution >= 4 is 0 Å². The van der Waals surface area contributed by atoms with E-state index in [0.29, 0.717) is 6.54 Å². The average molecular weight is 278 g/mol. The maximum atomic E-state index is 5.55. The zero-order valence-electron chi connectivity index (χ0n) is 12.9. The van der Waals surface area contributed by atoms with Crippen LogP contribution in [0.15, 0.2) is 24.3 Å². The summed E-state index contributed by atoms with van der Waals surface area (Å²) in [5.41, 5.74) is 8.30. The van der Waals surface area contributed by atoms with Gasteiger partial charge in [-0.15, -0.1) is 0 Å². The molecule has 1 aromatic carbocycles. The van der Waals surface area contributed by atoms with Crippen LogP contribution < -0.4 is 11.1 Å². The van der Waals surface area contributed by atoms with Crippen LogP contribution in [0.1, 0.15) is 43.7 Å². The molecule has 3 nitrogen and oxygen atoms in total. The van der Waals surface area contributed by atoms with Gasteiger partial charge in [0.15, 0.2) is 0 Å². The summed E-state index contributed by atoms with van der Waals surface area (Å²) in [6.45, 7) is 6.64. The Kier molecular flexibility index (Phi) is 10.2. The van der Waals surface area contributed by atoms with E-state index in [1.165, 1.54) is 24.0 Å². The van der Waals surface area contributed by atoms with Gasteiger partial charge in [-0.25, -0.2) is 0 Å². The minimum atomic E-state index is 0.715. The molecule has 0 amide bonds. The highest BCUT2D eigenvalue weighted by atomic mass is 16.5. The zero-order valence-corrected chi connectivity index (χ0v) is 12.9. The number of benzene rings is 1. The molecule has 0 fully saturated rings. The maximum Gasteiger partial charge on any atom is 0.0478 e. The molecule has 0 unspecified atom stereocenters. The number of hydrogen-bond donors (Lipinski definition) is 2. The molecular weight excluding hydrogens is 248 g/mol. The second-order valence-corrected chi connectivity index (χ2v) is 5.16. The molecule has 0 saturated carbocycles. The van der Waals surface area contributed by atoms with Crippen LogP contribution in [0.25, 0.3) is 0 Å². The third-order valence-corrected chi connectivity index (χ3v) is 3.37. The van der Waals surface area contributed by atoms with Crippen molar-refractivity contribution in [3.8, 4) is 0 Å². The second kappa shape index (κ2) is 11.9. The number of nitrogens with one attached hydrogen (secondary N) is 1. The minimum Gasteiger partial charge on any atom is -0.381 e. The molecule has 0 radical (unpaired) electrons. The summed E-state index contributed by atoms with van der Waals surface area (Å²) in [5, 5.41) is 3.52. The van der Waals surface area contributed by atoms with Crippen LogP contribution in [0.5, 0.6) is 0 Å². The summed E-state index contributed by atoms with van der Waals surface area (Å²) in [6.07, 6.45) is 5.62. The first kappa shape index (κ1) is 17.2. The van der Waals surface area contributed by atoms with Crippen molar-refractivity contribution < 1.29 is 4.74 Å². The largest absolute Gasteiger partial charge is 0.381 e. The van der Waals surface area contributed by atoms with Gasteiger partial charge in [-0.05, 0) is 49.9 Å². The van der Waals surface area contributed by atoms with Crippen molar-refractivity contribution in [2.24, 2.45) is 5.73 Å². The molecular formula is C17H30N2O. The Morgan fingerprint density at radius 2 is 1.80 bits per heavy atom. The SMILES string of the molecule is CCCCNCc1ccccc1CCCOCCCN. The first-order valence-electron chi connectivity index (χ1n) is 7.93. The monoisotopic (exact) mass is 278 g/mol. The highest BCUT2D eigenvalue weighted by Crippen LogP contribution is 2.11. The van der Waals surface area contributed by atoms with Gasteiger partial charge in [-0.2, -0.15) is 0 Å². The van der Waals surface area contributed by atoms with E-state index in [4.69, 9.17) is 10.5 Å². The van der Waals surface area contributed by atoms with Gasteiger partial charge in [0.25, 0.3) is 0 Å². The molecule has 0 saturated heterocycles. The van der Waals surface area contributed by atoms with E-state index in [9.17, 15) is 0 Å². The lowest BCUT2D eigenvalue weighted by atomic mass is 10.0. The summed E-state index contributed by atoms with van der Waals surface area (Å²) in [7, 11) is 0. The number of ether oxygens (including phenoxy) is 1. The number of unbranched alkanes of at least 4 members (excludes halogenated alkanes) is 1. The molecule has 0 spiro atoms. The maximum absolute atomic E-state index is 5.55. The molecule has 114 valence electrons. The average Bonchev–Trinajstić information content (AvgIpc) is 2.48. The number of rotatable bonds is 12. The van der Waals surface area contributed by atoms with Gasteiger partial charge in [-0.1, -0.05) is 37.6 Å². The zero-order chi connectivity index (χ0) is 14.5. The third kappa shape index (κ3) is 7.63. The van der Waals surface area contributed by atoms with Crippen LogP contribution in [0.3, 0.4) is 0 Å². The van der Waals surface area contributed by atoms with E-state index in [2.05, 4.69) is 36.5 Å². The Balaban J connectivity index is 2.26. The summed E-state index contributed by atoms with van der Waals surface area (Å²) >= 11 is 0. The lowest BCUT2D eigenvalue weighted by Gasteiger charge is -2.10. The first-order valence-corrected chi connectivity index (χ1v) is 7.93. The van der Waals surface area contributed by atoms with Gasteiger partial charge < -0.3 is 15.8 Å². The molecule has 1 aromatic rings. The molecule has 0 aliphatic rings. The fourth-order valence-electron chi connectivity index (χ4n) is 2.15. The molecule has 1 rings (SSSR count). The van der Waals surface area contributed by atoms with Gasteiger partial charge in [0, 0.05) is 19.8 Å². The second-order valence-electron chi connectivity index (χ2n) is 5.16. The Morgan fingerprint density at radius 1 is 1.05 bits per heavy atom. The van der Waals surface area contributed by atoms with Crippen molar-refractivity contribution in [3.63, 3.8) is 0 Å². The number of hydrogen-bond acceptors (Lipinski definition) is 3. The summed E-state index contributed by atoms with van der Waals surface area (Å²) in [6, 6.07) is 8.71. The minimum absolute atomic E-state index is 0.715. The fourth-order valence-corrected chi connectivity index (χ4v) is 2.15. The van der Waals surface area contributed by atoms with Gasteiger partial charge in [0.2, 0.25) is 0 Å².